The van der Waals surface area contributed by atoms with Crippen LogP contribution in [0.1, 0.15) is 21.5 Å². The minimum Gasteiger partial charge on any atom is -0.493 e. The van der Waals surface area contributed by atoms with E-state index in [-0.39, 0.29) is 11.6 Å². The Bertz CT molecular complexity index is 1410. The average molecular weight is 548 g/mol. The summed E-state index contributed by atoms with van der Waals surface area (Å²) < 4.78 is 11.5. The zero-order chi connectivity index (χ0) is 25.5. The van der Waals surface area contributed by atoms with E-state index in [9.17, 15) is 9.59 Å². The van der Waals surface area contributed by atoms with Crippen molar-refractivity contribution in [3.8, 4) is 11.5 Å². The van der Waals surface area contributed by atoms with Crippen molar-refractivity contribution < 1.29 is 19.1 Å². The molecule has 4 aromatic rings. The molecule has 8 heteroatoms. The zero-order valence-corrected chi connectivity index (χ0v) is 21.5. The lowest BCUT2D eigenvalue weighted by molar-refractivity contribution is -0.117. The maximum Gasteiger partial charge on any atom is 0.267 e. The first-order valence-electron chi connectivity index (χ1n) is 11.3. The third kappa shape index (κ3) is 5.95. The summed E-state index contributed by atoms with van der Waals surface area (Å²) in [6.07, 6.45) is 4.24. The minimum absolute atomic E-state index is 0.135. The van der Waals surface area contributed by atoms with Gasteiger partial charge < -0.3 is 25.1 Å². The fraction of sp³-hybridized carbons (Fsp3) is 0.143. The largest absolute Gasteiger partial charge is 0.493 e. The second kappa shape index (κ2) is 11.6. The van der Waals surface area contributed by atoms with Crippen molar-refractivity contribution in [2.24, 2.45) is 0 Å². The number of carbonyl (C=O) groups is 2. The van der Waals surface area contributed by atoms with Crippen molar-refractivity contribution in [3.05, 3.63) is 99.8 Å². The van der Waals surface area contributed by atoms with E-state index in [0.29, 0.717) is 30.0 Å². The molecule has 0 atom stereocenters. The molecule has 4 rings (SSSR count). The molecule has 36 heavy (non-hydrogen) atoms. The van der Waals surface area contributed by atoms with E-state index in [1.54, 1.807) is 24.3 Å². The normalized spacial score (nSPS) is 11.2. The van der Waals surface area contributed by atoms with Gasteiger partial charge in [-0.1, -0.05) is 46.3 Å². The van der Waals surface area contributed by atoms with Gasteiger partial charge in [-0.25, -0.2) is 0 Å². The monoisotopic (exact) mass is 547 g/mol. The van der Waals surface area contributed by atoms with Gasteiger partial charge in [-0.3, -0.25) is 9.59 Å². The molecule has 0 unspecified atom stereocenters. The van der Waals surface area contributed by atoms with Gasteiger partial charge in [0.05, 0.1) is 14.2 Å². The third-order valence-corrected chi connectivity index (χ3v) is 6.20. The molecule has 7 nitrogen and oxygen atoms in total. The number of amides is 2. The van der Waals surface area contributed by atoms with E-state index in [4.69, 9.17) is 9.47 Å². The molecule has 0 fully saturated rings. The first-order valence-corrected chi connectivity index (χ1v) is 12.1. The Balaban J connectivity index is 1.51. The lowest BCUT2D eigenvalue weighted by Crippen LogP contribution is -2.35. The van der Waals surface area contributed by atoms with Crippen LogP contribution < -0.4 is 20.1 Å². The lowest BCUT2D eigenvalue weighted by atomic mass is 10.1. The van der Waals surface area contributed by atoms with Crippen LogP contribution in [-0.4, -0.2) is 37.6 Å². The Kier molecular flexibility index (Phi) is 8.07. The number of hydrogen-bond acceptors (Lipinski definition) is 4. The van der Waals surface area contributed by atoms with E-state index in [2.05, 4.69) is 31.5 Å². The summed E-state index contributed by atoms with van der Waals surface area (Å²) in [6.45, 7) is 0.407. The fourth-order valence-corrected chi connectivity index (χ4v) is 4.06. The quantitative estimate of drug-likeness (QED) is 0.255. The van der Waals surface area contributed by atoms with E-state index >= 15 is 0 Å². The highest BCUT2D eigenvalue weighted by Gasteiger charge is 2.17. The highest BCUT2D eigenvalue weighted by molar-refractivity contribution is 9.10. The molecule has 0 aliphatic carbocycles. The summed E-state index contributed by atoms with van der Waals surface area (Å²) in [5, 5.41) is 6.80. The van der Waals surface area contributed by atoms with Gasteiger partial charge in [0.2, 0.25) is 0 Å². The summed E-state index contributed by atoms with van der Waals surface area (Å²) in [7, 11) is 3.02. The second-order valence-electron chi connectivity index (χ2n) is 8.00. The molecular weight excluding hydrogens is 522 g/mol. The molecular formula is C28H26BrN3O4. The van der Waals surface area contributed by atoms with Crippen LogP contribution in [0.2, 0.25) is 0 Å². The van der Waals surface area contributed by atoms with Gasteiger partial charge in [0.1, 0.15) is 5.70 Å². The van der Waals surface area contributed by atoms with Gasteiger partial charge in [0.15, 0.2) is 11.5 Å². The number of ether oxygens (including phenoxy) is 2. The topological polar surface area (TPSA) is 92.5 Å². The number of H-pyrrole nitrogens is 1. The molecule has 1 aromatic heterocycles. The van der Waals surface area contributed by atoms with Crippen molar-refractivity contribution in [2.45, 2.75) is 6.42 Å². The minimum atomic E-state index is -0.439. The van der Waals surface area contributed by atoms with Gasteiger partial charge >= 0.3 is 0 Å². The van der Waals surface area contributed by atoms with E-state index < -0.39 is 5.91 Å². The van der Waals surface area contributed by atoms with Gasteiger partial charge in [-0.15, -0.1) is 0 Å². The summed E-state index contributed by atoms with van der Waals surface area (Å²) in [6, 6.07) is 20.3. The highest BCUT2D eigenvalue weighted by atomic mass is 79.9. The Morgan fingerprint density at radius 2 is 1.72 bits per heavy atom. The van der Waals surface area contributed by atoms with Crippen LogP contribution in [0, 0.1) is 0 Å². The molecule has 1 heterocycles. The van der Waals surface area contributed by atoms with E-state index in [0.717, 1.165) is 26.5 Å². The summed E-state index contributed by atoms with van der Waals surface area (Å²) in [5.41, 5.74) is 3.40. The maximum absolute atomic E-state index is 13.1. The van der Waals surface area contributed by atoms with Crippen molar-refractivity contribution in [2.75, 3.05) is 20.8 Å². The maximum atomic E-state index is 13.1. The third-order valence-electron chi connectivity index (χ3n) is 5.67. The Hall–Kier alpha value is -4.04. The van der Waals surface area contributed by atoms with Crippen LogP contribution in [-0.2, 0) is 11.2 Å². The van der Waals surface area contributed by atoms with Crippen LogP contribution in [0.25, 0.3) is 17.0 Å². The standard InChI is InChI=1S/C28H26BrN3O4/c1-35-25-12-9-19(16-26(25)36-2)27(33)32-24(15-18-7-10-21(29)11-8-18)28(34)30-14-13-20-17-31-23-6-4-3-5-22(20)23/h3-12,15-17,31H,13-14H2,1-2H3,(H,30,34)(H,32,33)/b24-15-. The number of para-hydroxylation sites is 1. The van der Waals surface area contributed by atoms with Crippen LogP contribution >= 0.6 is 15.9 Å². The molecule has 0 radical (unpaired) electrons. The van der Waals surface area contributed by atoms with Crippen molar-refractivity contribution >= 4 is 44.7 Å². The smallest absolute Gasteiger partial charge is 0.267 e. The SMILES string of the molecule is COc1ccc(C(=O)N/C(=C\c2ccc(Br)cc2)C(=O)NCCc2c[nH]c3ccccc23)cc1OC. The van der Waals surface area contributed by atoms with Crippen molar-refractivity contribution in [1.82, 2.24) is 15.6 Å². The molecule has 0 aliphatic rings. The number of rotatable bonds is 9. The summed E-state index contributed by atoms with van der Waals surface area (Å²) in [5.74, 6) is 0.110. The molecule has 0 aliphatic heterocycles. The average Bonchev–Trinajstić information content (AvgIpc) is 3.32. The zero-order valence-electron chi connectivity index (χ0n) is 19.9. The number of aromatic amines is 1. The predicted molar refractivity (Wildman–Crippen MR) is 144 cm³/mol. The molecule has 184 valence electrons. The molecule has 0 bridgehead atoms. The summed E-state index contributed by atoms with van der Waals surface area (Å²) >= 11 is 3.41. The number of nitrogens with one attached hydrogen (secondary N) is 3. The van der Waals surface area contributed by atoms with Gasteiger partial charge in [0, 0.05) is 33.7 Å². The van der Waals surface area contributed by atoms with Crippen LogP contribution in [0.3, 0.4) is 0 Å². The van der Waals surface area contributed by atoms with E-state index in [1.807, 2.05) is 54.7 Å². The number of fused-ring (bicyclic) bond motifs is 1. The number of benzene rings is 3. The molecule has 2 amide bonds. The van der Waals surface area contributed by atoms with Crippen molar-refractivity contribution in [1.29, 1.82) is 0 Å². The number of methoxy groups -OCH3 is 2. The van der Waals surface area contributed by atoms with Gasteiger partial charge in [-0.05, 0) is 60.0 Å². The first kappa shape index (κ1) is 25.1. The van der Waals surface area contributed by atoms with Gasteiger partial charge in [0.25, 0.3) is 11.8 Å². The van der Waals surface area contributed by atoms with Crippen LogP contribution in [0.15, 0.2) is 83.1 Å². The second-order valence-corrected chi connectivity index (χ2v) is 8.91. The van der Waals surface area contributed by atoms with Gasteiger partial charge in [-0.2, -0.15) is 0 Å². The Morgan fingerprint density at radius 3 is 2.47 bits per heavy atom. The predicted octanol–water partition coefficient (Wildman–Crippen LogP) is 5.08. The Morgan fingerprint density at radius 1 is 0.972 bits per heavy atom. The first-order chi connectivity index (χ1) is 17.5. The molecule has 0 saturated heterocycles. The molecule has 3 N–H and O–H groups in total. The number of hydrogen-bond donors (Lipinski definition) is 3. The number of halogens is 1. The molecule has 3 aromatic carbocycles. The summed E-state index contributed by atoms with van der Waals surface area (Å²) in [4.78, 5) is 29.4. The van der Waals surface area contributed by atoms with Crippen molar-refractivity contribution in [3.63, 3.8) is 0 Å². The number of carbonyl (C=O) groups excluding carboxylic acids is 2. The highest BCUT2D eigenvalue weighted by Crippen LogP contribution is 2.27. The lowest BCUT2D eigenvalue weighted by Gasteiger charge is -2.13. The fourth-order valence-electron chi connectivity index (χ4n) is 3.80. The van der Waals surface area contributed by atoms with Crippen LogP contribution in [0.4, 0.5) is 0 Å². The molecule has 0 saturated carbocycles. The Labute approximate surface area is 217 Å². The van der Waals surface area contributed by atoms with Crippen LogP contribution in [0.5, 0.6) is 11.5 Å². The molecule has 0 spiro atoms. The number of aromatic nitrogens is 1. The van der Waals surface area contributed by atoms with E-state index in [1.165, 1.54) is 14.2 Å².